The summed E-state index contributed by atoms with van der Waals surface area (Å²) < 4.78 is 1.70. The maximum absolute atomic E-state index is 12.3. The van der Waals surface area contributed by atoms with Gasteiger partial charge in [0.1, 0.15) is 19.0 Å². The summed E-state index contributed by atoms with van der Waals surface area (Å²) in [5.74, 6) is 0.586. The van der Waals surface area contributed by atoms with Crippen LogP contribution >= 0.6 is 0 Å². The molecule has 1 amide bonds. The summed E-state index contributed by atoms with van der Waals surface area (Å²) in [6, 6.07) is 8.24. The SMILES string of the molecule is O=C(Cn1ccnc1CO)N1CCc2ccccc2C1. The second-order valence-electron chi connectivity index (χ2n) is 4.96. The van der Waals surface area contributed by atoms with Crippen molar-refractivity contribution in [2.45, 2.75) is 26.1 Å². The standard InChI is InChI=1S/C15H17N3O2/c19-11-14-16-6-8-17(14)10-15(20)18-7-5-12-3-1-2-4-13(12)9-18/h1-4,6,8,19H,5,7,9-11H2. The van der Waals surface area contributed by atoms with Crippen LogP contribution in [0.4, 0.5) is 0 Å². The third kappa shape index (κ3) is 2.44. The van der Waals surface area contributed by atoms with E-state index >= 15 is 0 Å². The van der Waals surface area contributed by atoms with Crippen LogP contribution in [-0.2, 0) is 30.9 Å². The first kappa shape index (κ1) is 12.9. The molecule has 3 rings (SSSR count). The van der Waals surface area contributed by atoms with Crippen molar-refractivity contribution < 1.29 is 9.90 Å². The summed E-state index contributed by atoms with van der Waals surface area (Å²) in [6.07, 6.45) is 4.23. The number of nitrogens with zero attached hydrogens (tertiary/aromatic N) is 3. The maximum atomic E-state index is 12.3. The number of aliphatic hydroxyl groups excluding tert-OH is 1. The van der Waals surface area contributed by atoms with Gasteiger partial charge in [0.25, 0.3) is 0 Å². The van der Waals surface area contributed by atoms with Crippen LogP contribution in [-0.4, -0.2) is 32.0 Å². The lowest BCUT2D eigenvalue weighted by Gasteiger charge is -2.29. The molecule has 5 nitrogen and oxygen atoms in total. The summed E-state index contributed by atoms with van der Waals surface area (Å²) in [4.78, 5) is 18.2. The lowest BCUT2D eigenvalue weighted by molar-refractivity contribution is -0.132. The number of benzene rings is 1. The fourth-order valence-corrected chi connectivity index (χ4v) is 2.59. The Hall–Kier alpha value is -2.14. The molecule has 20 heavy (non-hydrogen) atoms. The Labute approximate surface area is 117 Å². The molecule has 2 heterocycles. The highest BCUT2D eigenvalue weighted by Gasteiger charge is 2.20. The normalized spacial score (nSPS) is 14.2. The average molecular weight is 271 g/mol. The van der Waals surface area contributed by atoms with Gasteiger partial charge in [0.05, 0.1) is 0 Å². The molecule has 0 atom stereocenters. The molecular weight excluding hydrogens is 254 g/mol. The van der Waals surface area contributed by atoms with Crippen molar-refractivity contribution in [2.24, 2.45) is 0 Å². The van der Waals surface area contributed by atoms with E-state index in [1.165, 1.54) is 11.1 Å². The lowest BCUT2D eigenvalue weighted by atomic mass is 10.00. The smallest absolute Gasteiger partial charge is 0.242 e. The molecule has 2 aromatic rings. The van der Waals surface area contributed by atoms with Crippen molar-refractivity contribution in [2.75, 3.05) is 6.54 Å². The van der Waals surface area contributed by atoms with Crippen molar-refractivity contribution in [1.29, 1.82) is 0 Å². The predicted octanol–water partition coefficient (Wildman–Crippen LogP) is 0.960. The van der Waals surface area contributed by atoms with Crippen molar-refractivity contribution >= 4 is 5.91 Å². The molecule has 0 fully saturated rings. The molecule has 1 N–H and O–H groups in total. The summed E-state index contributed by atoms with van der Waals surface area (Å²) in [7, 11) is 0. The van der Waals surface area contributed by atoms with E-state index in [9.17, 15) is 4.79 Å². The zero-order chi connectivity index (χ0) is 13.9. The first-order chi connectivity index (χ1) is 9.78. The van der Waals surface area contributed by atoms with Gasteiger partial charge in [-0.25, -0.2) is 4.98 Å². The number of fused-ring (bicyclic) bond motifs is 1. The summed E-state index contributed by atoms with van der Waals surface area (Å²) >= 11 is 0. The molecule has 1 aromatic heterocycles. The van der Waals surface area contributed by atoms with Gasteiger partial charge in [0.2, 0.25) is 5.91 Å². The van der Waals surface area contributed by atoms with E-state index in [-0.39, 0.29) is 19.1 Å². The summed E-state index contributed by atoms with van der Waals surface area (Å²) in [5.41, 5.74) is 2.55. The van der Waals surface area contributed by atoms with Crippen LogP contribution in [0.1, 0.15) is 17.0 Å². The third-order valence-electron chi connectivity index (χ3n) is 3.73. The lowest BCUT2D eigenvalue weighted by Crippen LogP contribution is -2.38. The second-order valence-corrected chi connectivity index (χ2v) is 4.96. The Kier molecular flexibility index (Phi) is 3.52. The van der Waals surface area contributed by atoms with Crippen molar-refractivity contribution in [1.82, 2.24) is 14.5 Å². The predicted molar refractivity (Wildman–Crippen MR) is 73.7 cm³/mol. The number of rotatable bonds is 3. The van der Waals surface area contributed by atoms with E-state index in [1.54, 1.807) is 17.0 Å². The Morgan fingerprint density at radius 3 is 2.90 bits per heavy atom. The zero-order valence-electron chi connectivity index (χ0n) is 11.2. The zero-order valence-corrected chi connectivity index (χ0v) is 11.2. The fourth-order valence-electron chi connectivity index (χ4n) is 2.59. The van der Waals surface area contributed by atoms with Crippen LogP contribution in [0.25, 0.3) is 0 Å². The van der Waals surface area contributed by atoms with Crippen molar-refractivity contribution in [3.63, 3.8) is 0 Å². The quantitative estimate of drug-likeness (QED) is 0.904. The number of aliphatic hydroxyl groups is 1. The van der Waals surface area contributed by atoms with Gasteiger partial charge in [-0.3, -0.25) is 4.79 Å². The number of imidazole rings is 1. The molecular formula is C15H17N3O2. The molecule has 1 aliphatic heterocycles. The van der Waals surface area contributed by atoms with Gasteiger partial charge in [-0.15, -0.1) is 0 Å². The molecule has 0 saturated carbocycles. The van der Waals surface area contributed by atoms with Crippen LogP contribution in [0, 0.1) is 0 Å². The maximum Gasteiger partial charge on any atom is 0.242 e. The van der Waals surface area contributed by atoms with E-state index in [0.717, 1.165) is 13.0 Å². The van der Waals surface area contributed by atoms with Gasteiger partial charge in [-0.05, 0) is 17.5 Å². The largest absolute Gasteiger partial charge is 0.388 e. The minimum absolute atomic E-state index is 0.0622. The Morgan fingerprint density at radius 1 is 1.30 bits per heavy atom. The Balaban J connectivity index is 1.70. The van der Waals surface area contributed by atoms with E-state index in [0.29, 0.717) is 12.4 Å². The first-order valence-corrected chi connectivity index (χ1v) is 6.73. The molecule has 104 valence electrons. The third-order valence-corrected chi connectivity index (χ3v) is 3.73. The van der Waals surface area contributed by atoms with Crippen LogP contribution in [0.2, 0.25) is 0 Å². The van der Waals surface area contributed by atoms with E-state index in [4.69, 9.17) is 5.11 Å². The number of carbonyl (C=O) groups excluding carboxylic acids is 1. The summed E-state index contributed by atoms with van der Waals surface area (Å²) in [6.45, 7) is 1.50. The minimum atomic E-state index is -0.150. The molecule has 1 aliphatic rings. The van der Waals surface area contributed by atoms with Crippen molar-refractivity contribution in [3.8, 4) is 0 Å². The molecule has 0 unspecified atom stereocenters. The topological polar surface area (TPSA) is 58.4 Å². The van der Waals surface area contributed by atoms with Crippen LogP contribution in [0.5, 0.6) is 0 Å². The molecule has 0 bridgehead atoms. The van der Waals surface area contributed by atoms with Gasteiger partial charge in [0, 0.05) is 25.5 Å². The fraction of sp³-hybridized carbons (Fsp3) is 0.333. The molecule has 0 radical (unpaired) electrons. The molecule has 1 aromatic carbocycles. The van der Waals surface area contributed by atoms with Crippen LogP contribution in [0.3, 0.4) is 0 Å². The van der Waals surface area contributed by atoms with Gasteiger partial charge in [-0.2, -0.15) is 0 Å². The highest BCUT2D eigenvalue weighted by molar-refractivity contribution is 5.76. The number of hydrogen-bond donors (Lipinski definition) is 1. The van der Waals surface area contributed by atoms with E-state index in [1.807, 2.05) is 17.0 Å². The second kappa shape index (κ2) is 5.46. The monoisotopic (exact) mass is 271 g/mol. The van der Waals surface area contributed by atoms with Crippen LogP contribution < -0.4 is 0 Å². The molecule has 5 heteroatoms. The van der Waals surface area contributed by atoms with Crippen molar-refractivity contribution in [3.05, 3.63) is 53.6 Å². The van der Waals surface area contributed by atoms with E-state index in [2.05, 4.69) is 17.1 Å². The molecule has 0 spiro atoms. The molecule has 0 saturated heterocycles. The number of hydrogen-bond acceptors (Lipinski definition) is 3. The van der Waals surface area contributed by atoms with Gasteiger partial charge in [0.15, 0.2) is 0 Å². The first-order valence-electron chi connectivity index (χ1n) is 6.73. The minimum Gasteiger partial charge on any atom is -0.388 e. The number of aromatic nitrogens is 2. The van der Waals surface area contributed by atoms with E-state index < -0.39 is 0 Å². The number of carbonyl (C=O) groups is 1. The van der Waals surface area contributed by atoms with Gasteiger partial charge in [-0.1, -0.05) is 24.3 Å². The molecule has 0 aliphatic carbocycles. The Morgan fingerprint density at radius 2 is 2.10 bits per heavy atom. The highest BCUT2D eigenvalue weighted by Crippen LogP contribution is 2.18. The number of amides is 1. The average Bonchev–Trinajstić information content (AvgIpc) is 2.94. The van der Waals surface area contributed by atoms with Crippen LogP contribution in [0.15, 0.2) is 36.7 Å². The summed E-state index contributed by atoms with van der Waals surface area (Å²) in [5, 5.41) is 9.15. The van der Waals surface area contributed by atoms with Gasteiger partial charge >= 0.3 is 0 Å². The highest BCUT2D eigenvalue weighted by atomic mass is 16.3. The van der Waals surface area contributed by atoms with Gasteiger partial charge < -0.3 is 14.6 Å². The Bertz CT molecular complexity index is 621.